The summed E-state index contributed by atoms with van der Waals surface area (Å²) in [6.07, 6.45) is 1.65. The van der Waals surface area contributed by atoms with E-state index in [1.807, 2.05) is 71.0 Å². The van der Waals surface area contributed by atoms with Crippen LogP contribution in [0.5, 0.6) is 0 Å². The number of nitrogens with one attached hydrogen (secondary N) is 1. The molecule has 0 radical (unpaired) electrons. The van der Waals surface area contributed by atoms with E-state index in [9.17, 15) is 18.0 Å². The van der Waals surface area contributed by atoms with Gasteiger partial charge in [-0.3, -0.25) is 13.9 Å². The summed E-state index contributed by atoms with van der Waals surface area (Å²) < 4.78 is 26.5. The Bertz CT molecular complexity index is 1160. The van der Waals surface area contributed by atoms with E-state index in [-0.39, 0.29) is 24.8 Å². The summed E-state index contributed by atoms with van der Waals surface area (Å²) in [5.41, 5.74) is 4.54. The normalized spacial score (nSPS) is 12.3. The largest absolute Gasteiger partial charge is 0.354 e. The van der Waals surface area contributed by atoms with Gasteiger partial charge in [-0.25, -0.2) is 8.42 Å². The minimum Gasteiger partial charge on any atom is -0.354 e. The molecule has 0 heterocycles. The Morgan fingerprint density at radius 3 is 2.19 bits per heavy atom. The number of hydrogen-bond acceptors (Lipinski definition) is 4. The molecule has 2 aromatic rings. The monoisotopic (exact) mass is 515 g/mol. The molecule has 2 rings (SSSR count). The van der Waals surface area contributed by atoms with Gasteiger partial charge in [-0.05, 0) is 68.4 Å². The molecular formula is C28H41N3O4S. The van der Waals surface area contributed by atoms with E-state index in [1.165, 1.54) is 10.6 Å². The van der Waals surface area contributed by atoms with E-state index < -0.39 is 16.1 Å². The molecule has 0 aliphatic carbocycles. The maximum Gasteiger partial charge on any atom is 0.242 e. The number of rotatable bonds is 12. The smallest absolute Gasteiger partial charge is 0.242 e. The molecule has 0 spiro atoms. The number of nitrogens with zero attached hydrogens (tertiary/aromatic N) is 2. The molecule has 0 fully saturated rings. The maximum absolute atomic E-state index is 13.4. The minimum atomic E-state index is -3.53. The highest BCUT2D eigenvalue weighted by Gasteiger charge is 2.27. The van der Waals surface area contributed by atoms with Crippen molar-refractivity contribution in [2.24, 2.45) is 5.92 Å². The van der Waals surface area contributed by atoms with Crippen molar-refractivity contribution in [3.63, 3.8) is 0 Å². The average Bonchev–Trinajstić information content (AvgIpc) is 2.80. The van der Waals surface area contributed by atoms with Crippen molar-refractivity contribution in [1.82, 2.24) is 10.2 Å². The number of hydrogen-bond donors (Lipinski definition) is 1. The standard InChI is InChI=1S/C28H41N3O4S/c1-20(2)18-29-28(33)24(6)30(19-25-14-9-8-12-22(25)4)27(32)16-11-17-31(36(7,34)35)26-15-10-13-21(3)23(26)5/h8-10,12-15,20,24H,11,16-19H2,1-7H3,(H,29,33). The van der Waals surface area contributed by atoms with Crippen molar-refractivity contribution in [1.29, 1.82) is 0 Å². The number of carbonyl (C=O) groups is 2. The molecule has 0 aliphatic heterocycles. The van der Waals surface area contributed by atoms with Gasteiger partial charge >= 0.3 is 0 Å². The van der Waals surface area contributed by atoms with Crippen molar-refractivity contribution in [3.05, 3.63) is 64.7 Å². The van der Waals surface area contributed by atoms with E-state index in [2.05, 4.69) is 5.32 Å². The van der Waals surface area contributed by atoms with E-state index in [4.69, 9.17) is 0 Å². The van der Waals surface area contributed by atoms with Gasteiger partial charge < -0.3 is 10.2 Å². The molecular weight excluding hydrogens is 474 g/mol. The lowest BCUT2D eigenvalue weighted by Gasteiger charge is -2.30. The van der Waals surface area contributed by atoms with Gasteiger partial charge in [0.2, 0.25) is 21.8 Å². The molecule has 7 nitrogen and oxygen atoms in total. The topological polar surface area (TPSA) is 86.8 Å². The van der Waals surface area contributed by atoms with Crippen molar-refractivity contribution >= 4 is 27.5 Å². The fourth-order valence-corrected chi connectivity index (χ4v) is 5.01. The second-order valence-corrected chi connectivity index (χ2v) is 11.8. The van der Waals surface area contributed by atoms with Crippen LogP contribution in [0.1, 0.15) is 55.9 Å². The Morgan fingerprint density at radius 1 is 0.944 bits per heavy atom. The Labute approximate surface area is 216 Å². The van der Waals surface area contributed by atoms with Gasteiger partial charge in [-0.2, -0.15) is 0 Å². The van der Waals surface area contributed by atoms with Crippen molar-refractivity contribution < 1.29 is 18.0 Å². The van der Waals surface area contributed by atoms with E-state index in [1.54, 1.807) is 17.9 Å². The van der Waals surface area contributed by atoms with E-state index in [0.717, 1.165) is 22.3 Å². The fraction of sp³-hybridized carbons (Fsp3) is 0.500. The zero-order valence-corrected chi connectivity index (χ0v) is 23.5. The van der Waals surface area contributed by atoms with Crippen LogP contribution in [0.3, 0.4) is 0 Å². The molecule has 0 aromatic heterocycles. The third kappa shape index (κ3) is 8.08. The first-order valence-electron chi connectivity index (χ1n) is 12.5. The van der Waals surface area contributed by atoms with Crippen LogP contribution in [0.4, 0.5) is 5.69 Å². The molecule has 0 saturated carbocycles. The zero-order valence-electron chi connectivity index (χ0n) is 22.7. The summed E-state index contributed by atoms with van der Waals surface area (Å²) in [7, 11) is -3.53. The summed E-state index contributed by atoms with van der Waals surface area (Å²) in [4.78, 5) is 27.9. The Hall–Kier alpha value is -2.87. The number of aryl methyl sites for hydroxylation is 2. The second kappa shape index (κ2) is 12.9. The van der Waals surface area contributed by atoms with Crippen LogP contribution in [0.2, 0.25) is 0 Å². The first-order valence-corrected chi connectivity index (χ1v) is 14.3. The van der Waals surface area contributed by atoms with Crippen LogP contribution < -0.4 is 9.62 Å². The molecule has 2 aromatic carbocycles. The Balaban J connectivity index is 2.21. The third-order valence-corrected chi connectivity index (χ3v) is 7.63. The van der Waals surface area contributed by atoms with Gasteiger partial charge in [0.25, 0.3) is 0 Å². The van der Waals surface area contributed by atoms with Crippen molar-refractivity contribution in [2.75, 3.05) is 23.7 Å². The molecule has 1 atom stereocenters. The average molecular weight is 516 g/mol. The summed E-state index contributed by atoms with van der Waals surface area (Å²) in [6.45, 7) is 12.6. The minimum absolute atomic E-state index is 0.130. The van der Waals surface area contributed by atoms with E-state index >= 15 is 0 Å². The van der Waals surface area contributed by atoms with Gasteiger partial charge in [0.05, 0.1) is 11.9 Å². The van der Waals surface area contributed by atoms with Crippen LogP contribution in [0, 0.1) is 26.7 Å². The van der Waals surface area contributed by atoms with Crippen LogP contribution in [-0.2, 0) is 26.2 Å². The molecule has 0 bridgehead atoms. The first kappa shape index (κ1) is 29.4. The van der Waals surface area contributed by atoms with Crippen LogP contribution in [0.15, 0.2) is 42.5 Å². The van der Waals surface area contributed by atoms with Gasteiger partial charge in [0.15, 0.2) is 0 Å². The fourth-order valence-electron chi connectivity index (χ4n) is 3.99. The highest BCUT2D eigenvalue weighted by Crippen LogP contribution is 2.25. The number of anilines is 1. The van der Waals surface area contributed by atoms with Crippen LogP contribution >= 0.6 is 0 Å². The number of amides is 2. The molecule has 0 aliphatic rings. The van der Waals surface area contributed by atoms with Crippen molar-refractivity contribution in [3.8, 4) is 0 Å². The summed E-state index contributed by atoms with van der Waals surface area (Å²) in [5, 5.41) is 2.92. The summed E-state index contributed by atoms with van der Waals surface area (Å²) in [6, 6.07) is 12.7. The molecule has 0 saturated heterocycles. The molecule has 36 heavy (non-hydrogen) atoms. The van der Waals surface area contributed by atoms with Gasteiger partial charge in [-0.1, -0.05) is 50.2 Å². The van der Waals surface area contributed by atoms with Gasteiger partial charge in [0.1, 0.15) is 6.04 Å². The Morgan fingerprint density at radius 2 is 1.58 bits per heavy atom. The van der Waals surface area contributed by atoms with Crippen LogP contribution in [0.25, 0.3) is 0 Å². The molecule has 198 valence electrons. The number of carbonyl (C=O) groups excluding carboxylic acids is 2. The highest BCUT2D eigenvalue weighted by atomic mass is 32.2. The SMILES string of the molecule is Cc1ccccc1CN(C(=O)CCCN(c1cccc(C)c1C)S(C)(=O)=O)C(C)C(=O)NCC(C)C. The lowest BCUT2D eigenvalue weighted by Crippen LogP contribution is -2.48. The van der Waals surface area contributed by atoms with E-state index in [0.29, 0.717) is 31.1 Å². The molecule has 1 N–H and O–H groups in total. The van der Waals surface area contributed by atoms with Gasteiger partial charge in [-0.15, -0.1) is 0 Å². The Kier molecular flexibility index (Phi) is 10.5. The lowest BCUT2D eigenvalue weighted by molar-refractivity contribution is -0.140. The predicted octanol–water partition coefficient (Wildman–Crippen LogP) is 4.35. The summed E-state index contributed by atoms with van der Waals surface area (Å²) in [5.74, 6) is -0.0765. The zero-order chi connectivity index (χ0) is 27.0. The number of benzene rings is 2. The lowest BCUT2D eigenvalue weighted by atomic mass is 10.1. The number of sulfonamides is 1. The molecule has 1 unspecified atom stereocenters. The van der Waals surface area contributed by atoms with Crippen LogP contribution in [-0.4, -0.2) is 50.5 Å². The first-order chi connectivity index (χ1) is 16.8. The van der Waals surface area contributed by atoms with Crippen molar-refractivity contribution in [2.45, 2.75) is 67.0 Å². The quantitative estimate of drug-likeness (QED) is 0.455. The summed E-state index contributed by atoms with van der Waals surface area (Å²) >= 11 is 0. The van der Waals surface area contributed by atoms with Gasteiger partial charge in [0, 0.05) is 26.1 Å². The third-order valence-electron chi connectivity index (χ3n) is 6.45. The second-order valence-electron chi connectivity index (χ2n) is 9.92. The molecule has 8 heteroatoms. The predicted molar refractivity (Wildman–Crippen MR) is 146 cm³/mol. The molecule has 2 amide bonds. The maximum atomic E-state index is 13.4. The highest BCUT2D eigenvalue weighted by molar-refractivity contribution is 7.92.